The maximum absolute atomic E-state index is 12.4. The first-order valence-corrected chi connectivity index (χ1v) is 9.75. The summed E-state index contributed by atoms with van der Waals surface area (Å²) in [5.41, 5.74) is 2.68. The lowest BCUT2D eigenvalue weighted by Crippen LogP contribution is -2.51. The maximum atomic E-state index is 12.4. The fourth-order valence-electron chi connectivity index (χ4n) is 3.40. The van der Waals surface area contributed by atoms with E-state index >= 15 is 0 Å². The minimum atomic E-state index is -0.565. The molecule has 0 aliphatic carbocycles. The first-order chi connectivity index (χ1) is 12.9. The van der Waals surface area contributed by atoms with Crippen LogP contribution in [0.4, 0.5) is 0 Å². The first kappa shape index (κ1) is 21.4. The summed E-state index contributed by atoms with van der Waals surface area (Å²) >= 11 is 0. The van der Waals surface area contributed by atoms with Crippen molar-refractivity contribution in [2.75, 3.05) is 39.8 Å². The molecular formula is C21H33N3O3. The third-order valence-electron chi connectivity index (χ3n) is 5.02. The van der Waals surface area contributed by atoms with E-state index in [0.717, 1.165) is 32.7 Å². The molecule has 1 heterocycles. The lowest BCUT2D eigenvalue weighted by molar-refractivity contribution is -0.145. The number of aryl methyl sites for hydroxylation is 1. The summed E-state index contributed by atoms with van der Waals surface area (Å²) < 4.78 is 4.81. The van der Waals surface area contributed by atoms with Crippen molar-refractivity contribution in [1.29, 1.82) is 0 Å². The molecule has 0 radical (unpaired) electrons. The molecular weight excluding hydrogens is 342 g/mol. The summed E-state index contributed by atoms with van der Waals surface area (Å²) in [4.78, 5) is 28.8. The molecule has 1 aromatic rings. The zero-order valence-electron chi connectivity index (χ0n) is 17.0. The Hall–Kier alpha value is -1.92. The minimum absolute atomic E-state index is 0.113. The highest BCUT2D eigenvalue weighted by Crippen LogP contribution is 2.12. The summed E-state index contributed by atoms with van der Waals surface area (Å²) in [5.74, 6) is -0.183. The Morgan fingerprint density at radius 3 is 2.33 bits per heavy atom. The molecule has 0 unspecified atom stereocenters. The van der Waals surface area contributed by atoms with Crippen LogP contribution in [0.2, 0.25) is 0 Å². The van der Waals surface area contributed by atoms with Crippen LogP contribution >= 0.6 is 0 Å². The summed E-state index contributed by atoms with van der Waals surface area (Å²) in [5, 5.41) is 2.84. The van der Waals surface area contributed by atoms with Gasteiger partial charge in [0.15, 0.2) is 0 Å². The second-order valence-corrected chi connectivity index (χ2v) is 7.75. The Morgan fingerprint density at radius 1 is 1.11 bits per heavy atom. The molecule has 1 saturated heterocycles. The largest absolute Gasteiger partial charge is 0.467 e. The number of esters is 1. The molecule has 6 heteroatoms. The Balaban J connectivity index is 1.78. The van der Waals surface area contributed by atoms with Gasteiger partial charge in [0.05, 0.1) is 13.7 Å². The molecule has 1 aromatic carbocycles. The van der Waals surface area contributed by atoms with Crippen LogP contribution in [-0.2, 0) is 20.9 Å². The van der Waals surface area contributed by atoms with E-state index in [9.17, 15) is 9.59 Å². The number of carbonyl (C=O) groups is 2. The number of hydrogen-bond acceptors (Lipinski definition) is 5. The number of nitrogens with one attached hydrogen (secondary N) is 1. The second-order valence-electron chi connectivity index (χ2n) is 7.75. The van der Waals surface area contributed by atoms with E-state index in [1.165, 1.54) is 18.2 Å². The number of amides is 1. The first-order valence-electron chi connectivity index (χ1n) is 9.75. The predicted octanol–water partition coefficient (Wildman–Crippen LogP) is 1.82. The molecule has 0 bridgehead atoms. The second kappa shape index (κ2) is 10.4. The van der Waals surface area contributed by atoms with Crippen LogP contribution in [0.15, 0.2) is 24.3 Å². The van der Waals surface area contributed by atoms with Crippen LogP contribution in [0.3, 0.4) is 0 Å². The number of nitrogens with zero attached hydrogens (tertiary/aromatic N) is 2. The highest BCUT2D eigenvalue weighted by molar-refractivity contribution is 5.85. The summed E-state index contributed by atoms with van der Waals surface area (Å²) in [6.45, 7) is 11.0. The van der Waals surface area contributed by atoms with E-state index in [-0.39, 0.29) is 11.9 Å². The smallest absolute Gasteiger partial charge is 0.328 e. The van der Waals surface area contributed by atoms with E-state index < -0.39 is 6.04 Å². The van der Waals surface area contributed by atoms with Gasteiger partial charge in [-0.05, 0) is 30.4 Å². The fraction of sp³-hybridized carbons (Fsp3) is 0.619. The Kier molecular flexibility index (Phi) is 8.25. The predicted molar refractivity (Wildman–Crippen MR) is 106 cm³/mol. The van der Waals surface area contributed by atoms with Gasteiger partial charge in [-0.15, -0.1) is 0 Å². The van der Waals surface area contributed by atoms with E-state index in [1.807, 2.05) is 13.8 Å². The third-order valence-corrected chi connectivity index (χ3v) is 5.02. The molecule has 6 nitrogen and oxygen atoms in total. The van der Waals surface area contributed by atoms with E-state index in [1.54, 1.807) is 0 Å². The highest BCUT2D eigenvalue weighted by atomic mass is 16.5. The molecule has 1 fully saturated rings. The molecule has 2 rings (SSSR count). The number of piperazine rings is 1. The van der Waals surface area contributed by atoms with Crippen molar-refractivity contribution in [3.05, 3.63) is 35.4 Å². The van der Waals surface area contributed by atoms with Crippen molar-refractivity contribution in [1.82, 2.24) is 15.1 Å². The van der Waals surface area contributed by atoms with Gasteiger partial charge in [0.1, 0.15) is 6.04 Å². The van der Waals surface area contributed by atoms with Crippen molar-refractivity contribution < 1.29 is 14.3 Å². The van der Waals surface area contributed by atoms with Crippen molar-refractivity contribution >= 4 is 11.9 Å². The minimum Gasteiger partial charge on any atom is -0.467 e. The average molecular weight is 376 g/mol. The fourth-order valence-corrected chi connectivity index (χ4v) is 3.40. The quantitative estimate of drug-likeness (QED) is 0.702. The Morgan fingerprint density at radius 2 is 1.74 bits per heavy atom. The number of carbonyl (C=O) groups excluding carboxylic acids is 2. The standard InChI is InChI=1S/C21H33N3O3/c1-16(2)13-19(21(26)27-4)22-20(25)15-24-11-9-23(10-12-24)14-18-8-6-5-7-17(18)3/h5-8,16,19H,9-15H2,1-4H3,(H,22,25)/t19-/m1/s1. The SMILES string of the molecule is COC(=O)[C@@H](CC(C)C)NC(=O)CN1CCN(Cc2ccccc2C)CC1. The van der Waals surface area contributed by atoms with Crippen LogP contribution in [0.5, 0.6) is 0 Å². The lowest BCUT2D eigenvalue weighted by Gasteiger charge is -2.34. The van der Waals surface area contributed by atoms with Crippen molar-refractivity contribution in [2.45, 2.75) is 39.8 Å². The molecule has 1 aliphatic rings. The average Bonchev–Trinajstić information content (AvgIpc) is 2.63. The van der Waals surface area contributed by atoms with Crippen molar-refractivity contribution in [3.8, 4) is 0 Å². The lowest BCUT2D eigenvalue weighted by atomic mass is 10.0. The number of benzene rings is 1. The molecule has 1 N–H and O–H groups in total. The molecule has 150 valence electrons. The molecule has 27 heavy (non-hydrogen) atoms. The summed E-state index contributed by atoms with van der Waals surface area (Å²) in [6.07, 6.45) is 0.586. The van der Waals surface area contributed by atoms with Gasteiger partial charge in [0, 0.05) is 32.7 Å². The van der Waals surface area contributed by atoms with Crippen LogP contribution in [-0.4, -0.2) is 67.6 Å². The zero-order chi connectivity index (χ0) is 19.8. The molecule has 0 saturated carbocycles. The van der Waals surface area contributed by atoms with Gasteiger partial charge in [-0.1, -0.05) is 38.1 Å². The number of rotatable bonds is 8. The van der Waals surface area contributed by atoms with Crippen LogP contribution < -0.4 is 5.32 Å². The van der Waals surface area contributed by atoms with E-state index in [2.05, 4.69) is 46.3 Å². The number of ether oxygens (including phenoxy) is 1. The van der Waals surface area contributed by atoms with Gasteiger partial charge in [0.25, 0.3) is 0 Å². The number of hydrogen-bond donors (Lipinski definition) is 1. The molecule has 1 amide bonds. The molecule has 0 spiro atoms. The van der Waals surface area contributed by atoms with Gasteiger partial charge in [-0.25, -0.2) is 4.79 Å². The van der Waals surface area contributed by atoms with E-state index in [0.29, 0.717) is 18.9 Å². The van der Waals surface area contributed by atoms with Crippen molar-refractivity contribution in [3.63, 3.8) is 0 Å². The van der Waals surface area contributed by atoms with Gasteiger partial charge >= 0.3 is 5.97 Å². The van der Waals surface area contributed by atoms with Crippen LogP contribution in [0.25, 0.3) is 0 Å². The van der Waals surface area contributed by atoms with Gasteiger partial charge in [0.2, 0.25) is 5.91 Å². The van der Waals surface area contributed by atoms with Crippen molar-refractivity contribution in [2.24, 2.45) is 5.92 Å². The Labute approximate surface area is 162 Å². The molecule has 0 aromatic heterocycles. The highest BCUT2D eigenvalue weighted by Gasteiger charge is 2.25. The molecule has 1 aliphatic heterocycles. The zero-order valence-corrected chi connectivity index (χ0v) is 17.0. The topological polar surface area (TPSA) is 61.9 Å². The van der Waals surface area contributed by atoms with Crippen LogP contribution in [0.1, 0.15) is 31.4 Å². The monoisotopic (exact) mass is 375 g/mol. The maximum Gasteiger partial charge on any atom is 0.328 e. The van der Waals surface area contributed by atoms with Gasteiger partial charge in [-0.2, -0.15) is 0 Å². The summed E-state index contributed by atoms with van der Waals surface area (Å²) in [6, 6.07) is 7.90. The third kappa shape index (κ3) is 6.96. The normalized spacial score (nSPS) is 16.9. The van der Waals surface area contributed by atoms with E-state index in [4.69, 9.17) is 4.74 Å². The van der Waals surface area contributed by atoms with Crippen LogP contribution in [0, 0.1) is 12.8 Å². The Bertz CT molecular complexity index is 625. The van der Waals surface area contributed by atoms with Gasteiger partial charge < -0.3 is 10.1 Å². The summed E-state index contributed by atoms with van der Waals surface area (Å²) in [7, 11) is 1.36. The van der Waals surface area contributed by atoms with Gasteiger partial charge in [-0.3, -0.25) is 14.6 Å². The molecule has 1 atom stereocenters. The number of methoxy groups -OCH3 is 1.